The van der Waals surface area contributed by atoms with Crippen LogP contribution in [-0.2, 0) is 9.47 Å². The summed E-state index contributed by atoms with van der Waals surface area (Å²) in [7, 11) is 1.31. The number of fused-ring (bicyclic) bond motifs is 1. The van der Waals surface area contributed by atoms with E-state index in [-0.39, 0.29) is 17.3 Å². The van der Waals surface area contributed by atoms with Crippen LogP contribution in [0.25, 0.3) is 22.3 Å². The standard InChI is InChI=1S/C24H29ClN6O4/c1-14-11-26-21(27-15-7-6-10-30(12-15)22(32)35-24(2,3)4)29-19(14)17-13-31(23(33)34-5)20-16(17)8-9-18(25)28-20/h8-9,11,13,15H,6-7,10,12H2,1-5H3,(H,26,27,29)/t15-/m0/s1. The first kappa shape index (κ1) is 24.7. The van der Waals surface area contributed by atoms with Gasteiger partial charge in [0.25, 0.3) is 0 Å². The summed E-state index contributed by atoms with van der Waals surface area (Å²) in [4.78, 5) is 40.1. The van der Waals surface area contributed by atoms with Crippen molar-refractivity contribution in [2.45, 2.75) is 52.2 Å². The van der Waals surface area contributed by atoms with Crippen LogP contribution in [0.4, 0.5) is 15.5 Å². The third kappa shape index (κ3) is 5.48. The molecule has 1 amide bonds. The first-order chi connectivity index (χ1) is 16.6. The van der Waals surface area contributed by atoms with Crippen LogP contribution in [0.15, 0.2) is 24.5 Å². The van der Waals surface area contributed by atoms with Gasteiger partial charge in [-0.2, -0.15) is 0 Å². The Bertz CT molecular complexity index is 1270. The van der Waals surface area contributed by atoms with Crippen molar-refractivity contribution in [1.29, 1.82) is 0 Å². The number of nitrogens with one attached hydrogen (secondary N) is 1. The van der Waals surface area contributed by atoms with Gasteiger partial charge in [0.15, 0.2) is 5.65 Å². The van der Waals surface area contributed by atoms with Crippen molar-refractivity contribution >= 4 is 40.8 Å². The number of ether oxygens (including phenoxy) is 2. The Morgan fingerprint density at radius 2 is 1.97 bits per heavy atom. The summed E-state index contributed by atoms with van der Waals surface area (Å²) in [5.74, 6) is 0.433. The van der Waals surface area contributed by atoms with E-state index >= 15 is 0 Å². The maximum Gasteiger partial charge on any atom is 0.419 e. The highest BCUT2D eigenvalue weighted by Crippen LogP contribution is 2.32. The largest absolute Gasteiger partial charge is 0.452 e. The van der Waals surface area contributed by atoms with Crippen molar-refractivity contribution in [2.24, 2.45) is 0 Å². The predicted molar refractivity (Wildman–Crippen MR) is 133 cm³/mol. The zero-order chi connectivity index (χ0) is 25.3. The Morgan fingerprint density at radius 1 is 1.20 bits per heavy atom. The molecule has 1 aliphatic heterocycles. The maximum atomic E-state index is 12.5. The monoisotopic (exact) mass is 500 g/mol. The average molecular weight is 501 g/mol. The number of likely N-dealkylation sites (tertiary alicyclic amines) is 1. The second-order valence-corrected chi connectivity index (χ2v) is 9.91. The van der Waals surface area contributed by atoms with Gasteiger partial charge in [0.2, 0.25) is 5.95 Å². The van der Waals surface area contributed by atoms with Gasteiger partial charge in [0.05, 0.1) is 12.8 Å². The van der Waals surface area contributed by atoms with E-state index in [1.54, 1.807) is 29.4 Å². The highest BCUT2D eigenvalue weighted by Gasteiger charge is 2.28. The van der Waals surface area contributed by atoms with Crippen molar-refractivity contribution < 1.29 is 19.1 Å². The number of hydrogen-bond acceptors (Lipinski definition) is 8. The molecule has 35 heavy (non-hydrogen) atoms. The number of pyridine rings is 1. The number of carbonyl (C=O) groups excluding carboxylic acids is 2. The number of methoxy groups -OCH3 is 1. The molecule has 3 aromatic heterocycles. The second kappa shape index (κ2) is 9.69. The number of hydrogen-bond donors (Lipinski definition) is 1. The zero-order valence-electron chi connectivity index (χ0n) is 20.5. The number of nitrogens with zero attached hydrogens (tertiary/aromatic N) is 5. The van der Waals surface area contributed by atoms with Gasteiger partial charge in [-0.15, -0.1) is 0 Å². The van der Waals surface area contributed by atoms with E-state index < -0.39 is 11.7 Å². The van der Waals surface area contributed by atoms with Crippen LogP contribution < -0.4 is 5.32 Å². The molecule has 1 atom stereocenters. The summed E-state index contributed by atoms with van der Waals surface area (Å²) < 4.78 is 11.7. The van der Waals surface area contributed by atoms with Gasteiger partial charge in [0.1, 0.15) is 10.8 Å². The SMILES string of the molecule is COC(=O)n1cc(-c2nc(N[C@H]3CCCN(C(=O)OC(C)(C)C)C3)ncc2C)c2ccc(Cl)nc21. The van der Waals surface area contributed by atoms with Crippen molar-refractivity contribution in [3.05, 3.63) is 35.2 Å². The van der Waals surface area contributed by atoms with Crippen LogP contribution in [0.2, 0.25) is 5.15 Å². The predicted octanol–water partition coefficient (Wildman–Crippen LogP) is 4.88. The summed E-state index contributed by atoms with van der Waals surface area (Å²) in [5.41, 5.74) is 2.02. The number of anilines is 1. The molecule has 0 radical (unpaired) electrons. The molecule has 3 aromatic rings. The summed E-state index contributed by atoms with van der Waals surface area (Å²) in [6.07, 6.45) is 4.18. The van der Waals surface area contributed by atoms with Gasteiger partial charge in [-0.05, 0) is 58.2 Å². The van der Waals surface area contributed by atoms with Gasteiger partial charge in [-0.3, -0.25) is 0 Å². The van der Waals surface area contributed by atoms with Gasteiger partial charge < -0.3 is 19.7 Å². The molecule has 0 saturated carbocycles. The number of amides is 1. The smallest absolute Gasteiger partial charge is 0.419 e. The fraction of sp³-hybridized carbons (Fsp3) is 0.458. The summed E-state index contributed by atoms with van der Waals surface area (Å²) >= 11 is 6.08. The first-order valence-electron chi connectivity index (χ1n) is 11.4. The lowest BCUT2D eigenvalue weighted by atomic mass is 10.1. The van der Waals surface area contributed by atoms with E-state index in [2.05, 4.69) is 15.3 Å². The lowest BCUT2D eigenvalue weighted by molar-refractivity contribution is 0.0206. The molecule has 1 saturated heterocycles. The van der Waals surface area contributed by atoms with E-state index in [1.807, 2.05) is 27.7 Å². The molecule has 10 nitrogen and oxygen atoms in total. The Hall–Kier alpha value is -3.40. The molecule has 0 aliphatic carbocycles. The summed E-state index contributed by atoms with van der Waals surface area (Å²) in [5, 5.41) is 4.33. The molecule has 4 rings (SSSR count). The van der Waals surface area contributed by atoms with Crippen LogP contribution >= 0.6 is 11.6 Å². The highest BCUT2D eigenvalue weighted by molar-refractivity contribution is 6.29. The van der Waals surface area contributed by atoms with E-state index in [4.69, 9.17) is 26.1 Å². The van der Waals surface area contributed by atoms with E-state index in [0.29, 0.717) is 41.3 Å². The van der Waals surface area contributed by atoms with Crippen LogP contribution in [0.3, 0.4) is 0 Å². The fourth-order valence-corrected chi connectivity index (χ4v) is 4.20. The molecular weight excluding hydrogens is 472 g/mol. The lowest BCUT2D eigenvalue weighted by Gasteiger charge is -2.34. The summed E-state index contributed by atoms with van der Waals surface area (Å²) in [6, 6.07) is 3.44. The molecule has 4 heterocycles. The zero-order valence-corrected chi connectivity index (χ0v) is 21.2. The second-order valence-electron chi connectivity index (χ2n) is 9.52. The number of rotatable bonds is 3. The Morgan fingerprint density at radius 3 is 2.69 bits per heavy atom. The third-order valence-electron chi connectivity index (χ3n) is 5.62. The van der Waals surface area contributed by atoms with Gasteiger partial charge in [-0.1, -0.05) is 11.6 Å². The molecule has 1 N–H and O–H groups in total. The topological polar surface area (TPSA) is 111 Å². The van der Waals surface area contributed by atoms with E-state index in [1.165, 1.54) is 11.7 Å². The quantitative estimate of drug-likeness (QED) is 0.506. The van der Waals surface area contributed by atoms with Gasteiger partial charge in [-0.25, -0.2) is 29.1 Å². The average Bonchev–Trinajstić information content (AvgIpc) is 3.17. The van der Waals surface area contributed by atoms with Crippen LogP contribution in [0, 0.1) is 6.92 Å². The molecule has 0 bridgehead atoms. The Labute approximate surface area is 208 Å². The van der Waals surface area contributed by atoms with Crippen LogP contribution in [0.5, 0.6) is 0 Å². The van der Waals surface area contributed by atoms with E-state index in [0.717, 1.165) is 18.4 Å². The Kier molecular flexibility index (Phi) is 6.84. The molecule has 1 aliphatic rings. The minimum atomic E-state index is -0.578. The number of halogens is 1. The summed E-state index contributed by atoms with van der Waals surface area (Å²) in [6.45, 7) is 8.60. The van der Waals surface area contributed by atoms with Crippen LogP contribution in [-0.4, -0.2) is 68.4 Å². The van der Waals surface area contributed by atoms with E-state index in [9.17, 15) is 9.59 Å². The number of piperidine rings is 1. The van der Waals surface area contributed by atoms with Gasteiger partial charge >= 0.3 is 12.2 Å². The molecule has 0 spiro atoms. The highest BCUT2D eigenvalue weighted by atomic mass is 35.5. The lowest BCUT2D eigenvalue weighted by Crippen LogP contribution is -2.47. The number of aryl methyl sites for hydroxylation is 1. The van der Waals surface area contributed by atoms with Crippen molar-refractivity contribution in [3.8, 4) is 11.3 Å². The minimum Gasteiger partial charge on any atom is -0.452 e. The molecule has 186 valence electrons. The minimum absolute atomic E-state index is 0.0243. The van der Waals surface area contributed by atoms with Crippen molar-refractivity contribution in [3.63, 3.8) is 0 Å². The third-order valence-corrected chi connectivity index (χ3v) is 5.83. The Balaban J connectivity index is 1.61. The molecule has 11 heteroatoms. The van der Waals surface area contributed by atoms with Crippen molar-refractivity contribution in [1.82, 2.24) is 24.4 Å². The normalized spacial score (nSPS) is 16.3. The molecule has 1 fully saturated rings. The fourth-order valence-electron chi connectivity index (χ4n) is 4.06. The van der Waals surface area contributed by atoms with Crippen LogP contribution in [0.1, 0.15) is 39.2 Å². The first-order valence-corrected chi connectivity index (χ1v) is 11.8. The van der Waals surface area contributed by atoms with Gasteiger partial charge in [0, 0.05) is 42.5 Å². The molecule has 0 aromatic carbocycles. The molecule has 0 unspecified atom stereocenters. The molecular formula is C24H29ClN6O4. The number of aromatic nitrogens is 4. The van der Waals surface area contributed by atoms with Crippen molar-refractivity contribution in [2.75, 3.05) is 25.5 Å². The number of carbonyl (C=O) groups is 2. The maximum absolute atomic E-state index is 12.5.